The molecule has 1 heterocycles. The van der Waals surface area contributed by atoms with Gasteiger partial charge >= 0.3 is 0 Å². The largest absolute Gasteiger partial charge is 0.271 e. The maximum Gasteiger partial charge on any atom is 0.0548 e. The van der Waals surface area contributed by atoms with Gasteiger partial charge in [-0.1, -0.05) is 17.7 Å². The summed E-state index contributed by atoms with van der Waals surface area (Å²) in [5.74, 6) is 5.64. The van der Waals surface area contributed by atoms with Crippen molar-refractivity contribution in [2.75, 3.05) is 0 Å². The minimum atomic E-state index is -0.0118. The Balaban J connectivity index is 2.19. The molecule has 1 unspecified atom stereocenters. The fraction of sp³-hybridized carbons (Fsp3) is 0.154. The molecule has 3 nitrogen and oxygen atoms in total. The monoisotopic (exact) mass is 403 g/mol. The maximum atomic E-state index is 5.99. The van der Waals surface area contributed by atoms with Crippen molar-refractivity contribution < 1.29 is 0 Å². The van der Waals surface area contributed by atoms with Crippen molar-refractivity contribution in [3.05, 3.63) is 61.8 Å². The first-order chi connectivity index (χ1) is 9.10. The van der Waals surface area contributed by atoms with Gasteiger partial charge in [0, 0.05) is 27.3 Å². The van der Waals surface area contributed by atoms with Gasteiger partial charge in [0.25, 0.3) is 0 Å². The van der Waals surface area contributed by atoms with Crippen molar-refractivity contribution >= 4 is 43.5 Å². The standard InChI is InChI=1S/C13H12Br2ClN3/c14-9-2-3-10(18-7-9)6-13(19-17)8-1-4-12(16)11(15)5-8/h1-5,7,13,19H,6,17H2. The van der Waals surface area contributed by atoms with Crippen molar-refractivity contribution in [3.63, 3.8) is 0 Å². The Bertz CT molecular complexity index is 560. The van der Waals surface area contributed by atoms with Crippen molar-refractivity contribution in [2.45, 2.75) is 12.5 Å². The lowest BCUT2D eigenvalue weighted by atomic mass is 10.0. The van der Waals surface area contributed by atoms with E-state index in [1.54, 1.807) is 6.20 Å². The summed E-state index contributed by atoms with van der Waals surface area (Å²) in [5.41, 5.74) is 4.84. The number of nitrogens with one attached hydrogen (secondary N) is 1. The predicted octanol–water partition coefficient (Wildman–Crippen LogP) is 4.01. The lowest BCUT2D eigenvalue weighted by Gasteiger charge is -2.16. The van der Waals surface area contributed by atoms with Crippen LogP contribution in [-0.2, 0) is 6.42 Å². The molecule has 0 saturated heterocycles. The van der Waals surface area contributed by atoms with Gasteiger partial charge in [0.1, 0.15) is 0 Å². The van der Waals surface area contributed by atoms with E-state index in [1.807, 2.05) is 30.3 Å². The molecular formula is C13H12Br2ClN3. The number of nitrogens with zero attached hydrogens (tertiary/aromatic N) is 1. The highest BCUT2D eigenvalue weighted by atomic mass is 79.9. The van der Waals surface area contributed by atoms with E-state index < -0.39 is 0 Å². The number of halogens is 3. The lowest BCUT2D eigenvalue weighted by Crippen LogP contribution is -2.29. The molecule has 2 rings (SSSR count). The normalized spacial score (nSPS) is 12.4. The van der Waals surface area contributed by atoms with E-state index in [0.717, 1.165) is 20.2 Å². The van der Waals surface area contributed by atoms with Crippen LogP contribution in [0.3, 0.4) is 0 Å². The van der Waals surface area contributed by atoms with E-state index in [9.17, 15) is 0 Å². The molecule has 0 fully saturated rings. The number of nitrogens with two attached hydrogens (primary N) is 1. The summed E-state index contributed by atoms with van der Waals surface area (Å²) in [6.07, 6.45) is 2.48. The van der Waals surface area contributed by atoms with Crippen LogP contribution >= 0.6 is 43.5 Å². The van der Waals surface area contributed by atoms with Crippen LogP contribution in [0.2, 0.25) is 5.02 Å². The molecule has 0 bridgehead atoms. The summed E-state index contributed by atoms with van der Waals surface area (Å²) in [6, 6.07) is 9.69. The zero-order chi connectivity index (χ0) is 13.8. The van der Waals surface area contributed by atoms with Gasteiger partial charge < -0.3 is 0 Å². The van der Waals surface area contributed by atoms with Gasteiger partial charge in [0.15, 0.2) is 0 Å². The SMILES string of the molecule is NNC(Cc1ccc(Br)cn1)c1ccc(Cl)c(Br)c1. The van der Waals surface area contributed by atoms with Crippen LogP contribution in [-0.4, -0.2) is 4.98 Å². The van der Waals surface area contributed by atoms with Crippen molar-refractivity contribution in [1.82, 2.24) is 10.4 Å². The molecule has 19 heavy (non-hydrogen) atoms. The Morgan fingerprint density at radius 3 is 2.63 bits per heavy atom. The van der Waals surface area contributed by atoms with Gasteiger partial charge in [-0.15, -0.1) is 0 Å². The molecule has 1 aromatic heterocycles. The number of rotatable bonds is 4. The molecule has 100 valence electrons. The van der Waals surface area contributed by atoms with Crippen LogP contribution in [0.4, 0.5) is 0 Å². The maximum absolute atomic E-state index is 5.99. The summed E-state index contributed by atoms with van der Waals surface area (Å²) in [7, 11) is 0. The molecular weight excluding hydrogens is 393 g/mol. The van der Waals surface area contributed by atoms with Crippen LogP contribution in [0, 0.1) is 0 Å². The van der Waals surface area contributed by atoms with Crippen molar-refractivity contribution in [3.8, 4) is 0 Å². The molecule has 0 aliphatic heterocycles. The van der Waals surface area contributed by atoms with Gasteiger partial charge in [-0.3, -0.25) is 16.3 Å². The van der Waals surface area contributed by atoms with Gasteiger partial charge in [-0.2, -0.15) is 0 Å². The summed E-state index contributed by atoms with van der Waals surface area (Å²) in [6.45, 7) is 0. The van der Waals surface area contributed by atoms with Gasteiger partial charge in [0.2, 0.25) is 0 Å². The highest BCUT2D eigenvalue weighted by Crippen LogP contribution is 2.27. The Morgan fingerprint density at radius 1 is 1.26 bits per heavy atom. The fourth-order valence-corrected chi connectivity index (χ4v) is 2.49. The number of hydrogen-bond donors (Lipinski definition) is 2. The average Bonchev–Trinajstić information content (AvgIpc) is 2.41. The number of hydrogen-bond acceptors (Lipinski definition) is 3. The molecule has 0 saturated carbocycles. The topological polar surface area (TPSA) is 50.9 Å². The van der Waals surface area contributed by atoms with Crippen LogP contribution in [0.15, 0.2) is 45.5 Å². The van der Waals surface area contributed by atoms with Gasteiger partial charge in [-0.25, -0.2) is 0 Å². The van der Waals surface area contributed by atoms with Crippen LogP contribution in [0.5, 0.6) is 0 Å². The highest BCUT2D eigenvalue weighted by Gasteiger charge is 2.12. The highest BCUT2D eigenvalue weighted by molar-refractivity contribution is 9.10. The van der Waals surface area contributed by atoms with Crippen LogP contribution < -0.4 is 11.3 Å². The number of hydrazine groups is 1. The lowest BCUT2D eigenvalue weighted by molar-refractivity contribution is 0.545. The summed E-state index contributed by atoms with van der Waals surface area (Å²) in [4.78, 5) is 4.35. The second-order valence-corrected chi connectivity index (χ2v) is 6.24. The van der Waals surface area contributed by atoms with E-state index in [-0.39, 0.29) is 6.04 Å². The third-order valence-corrected chi connectivity index (χ3v) is 4.43. The first kappa shape index (κ1) is 14.9. The first-order valence-corrected chi connectivity index (χ1v) is 7.58. The zero-order valence-corrected chi connectivity index (χ0v) is 13.8. The molecule has 6 heteroatoms. The molecule has 0 radical (unpaired) electrons. The van der Waals surface area contributed by atoms with Crippen molar-refractivity contribution in [2.24, 2.45) is 5.84 Å². The molecule has 1 aromatic carbocycles. The molecule has 0 spiro atoms. The summed E-state index contributed by atoms with van der Waals surface area (Å²) in [5, 5.41) is 0.682. The minimum Gasteiger partial charge on any atom is -0.271 e. The molecule has 0 aliphatic carbocycles. The Labute approximate surface area is 133 Å². The molecule has 2 aromatic rings. The molecule has 1 atom stereocenters. The zero-order valence-electron chi connectivity index (χ0n) is 9.91. The predicted molar refractivity (Wildman–Crippen MR) is 84.9 cm³/mol. The molecule has 3 N–H and O–H groups in total. The first-order valence-electron chi connectivity index (χ1n) is 5.61. The van der Waals surface area contributed by atoms with E-state index in [0.29, 0.717) is 11.4 Å². The van der Waals surface area contributed by atoms with Crippen molar-refractivity contribution in [1.29, 1.82) is 0 Å². The number of aromatic nitrogens is 1. The average molecular weight is 406 g/mol. The third-order valence-electron chi connectivity index (χ3n) is 2.75. The Kier molecular flexibility index (Phi) is 5.36. The Hall–Kier alpha value is -0.460. The van der Waals surface area contributed by atoms with E-state index in [1.165, 1.54) is 0 Å². The van der Waals surface area contributed by atoms with E-state index >= 15 is 0 Å². The van der Waals surface area contributed by atoms with Gasteiger partial charge in [0.05, 0.1) is 11.1 Å². The van der Waals surface area contributed by atoms with E-state index in [2.05, 4.69) is 42.3 Å². The van der Waals surface area contributed by atoms with E-state index in [4.69, 9.17) is 17.4 Å². The summed E-state index contributed by atoms with van der Waals surface area (Å²) < 4.78 is 1.82. The second kappa shape index (κ2) is 6.81. The smallest absolute Gasteiger partial charge is 0.0548 e. The van der Waals surface area contributed by atoms with Gasteiger partial charge in [-0.05, 0) is 61.7 Å². The quantitative estimate of drug-likeness (QED) is 0.597. The number of pyridine rings is 1. The molecule has 0 amide bonds. The summed E-state index contributed by atoms with van der Waals surface area (Å²) >= 11 is 12.8. The number of benzene rings is 1. The Morgan fingerprint density at radius 2 is 2.05 bits per heavy atom. The van der Waals surface area contributed by atoms with Crippen LogP contribution in [0.1, 0.15) is 17.3 Å². The minimum absolute atomic E-state index is 0.0118. The van der Waals surface area contributed by atoms with Crippen LogP contribution in [0.25, 0.3) is 0 Å². The molecule has 0 aliphatic rings. The fourth-order valence-electron chi connectivity index (χ4n) is 1.74. The second-order valence-electron chi connectivity index (χ2n) is 4.06. The third kappa shape index (κ3) is 4.00.